The molecular weight excluding hydrogens is 230 g/mol. The quantitative estimate of drug-likeness (QED) is 0.825. The highest BCUT2D eigenvalue weighted by molar-refractivity contribution is 5.75. The minimum atomic E-state index is 0.0113. The lowest BCUT2D eigenvalue weighted by molar-refractivity contribution is -0.121. The summed E-state index contributed by atoms with van der Waals surface area (Å²) in [7, 11) is 0. The highest BCUT2D eigenvalue weighted by Crippen LogP contribution is 2.02. The third-order valence-electron chi connectivity index (χ3n) is 2.68. The highest BCUT2D eigenvalue weighted by Gasteiger charge is 2.05. The van der Waals surface area contributed by atoms with Crippen LogP contribution in [0.2, 0.25) is 0 Å². The van der Waals surface area contributed by atoms with E-state index in [9.17, 15) is 4.79 Å². The van der Waals surface area contributed by atoms with Crippen LogP contribution in [0.3, 0.4) is 0 Å². The molecular formula is C12H17N5O. The van der Waals surface area contributed by atoms with Gasteiger partial charge in [0.05, 0.1) is 24.3 Å². The van der Waals surface area contributed by atoms with Crippen molar-refractivity contribution in [3.8, 4) is 0 Å². The van der Waals surface area contributed by atoms with Crippen LogP contribution in [0.4, 0.5) is 0 Å². The fourth-order valence-electron chi connectivity index (χ4n) is 1.77. The standard InChI is InChI=1S/C12H17N5O/c1-9-5-10(2)17(16-9)4-3-12(18)14-7-11-6-13-8-15-11/h5-6,8H,3-4,7H2,1-2H3,(H,13,15)(H,14,18). The Kier molecular flexibility index (Phi) is 3.76. The zero-order valence-corrected chi connectivity index (χ0v) is 10.6. The normalized spacial score (nSPS) is 10.6. The molecule has 18 heavy (non-hydrogen) atoms. The van der Waals surface area contributed by atoms with E-state index in [1.54, 1.807) is 12.5 Å². The zero-order valence-electron chi connectivity index (χ0n) is 10.6. The summed E-state index contributed by atoms with van der Waals surface area (Å²) in [6.07, 6.45) is 3.72. The SMILES string of the molecule is Cc1cc(C)n(CCC(=O)NCc2cnc[nH]2)n1. The second kappa shape index (κ2) is 5.48. The number of aromatic amines is 1. The van der Waals surface area contributed by atoms with Crippen molar-refractivity contribution < 1.29 is 4.79 Å². The Morgan fingerprint density at radius 1 is 1.50 bits per heavy atom. The number of aryl methyl sites for hydroxylation is 3. The van der Waals surface area contributed by atoms with Crippen molar-refractivity contribution in [1.29, 1.82) is 0 Å². The van der Waals surface area contributed by atoms with E-state index in [0.29, 0.717) is 19.5 Å². The first-order valence-corrected chi connectivity index (χ1v) is 5.90. The molecule has 2 aromatic heterocycles. The number of rotatable bonds is 5. The van der Waals surface area contributed by atoms with E-state index < -0.39 is 0 Å². The summed E-state index contributed by atoms with van der Waals surface area (Å²) in [5.74, 6) is 0.0113. The topological polar surface area (TPSA) is 75.6 Å². The molecule has 2 N–H and O–H groups in total. The molecule has 1 amide bonds. The summed E-state index contributed by atoms with van der Waals surface area (Å²) >= 11 is 0. The summed E-state index contributed by atoms with van der Waals surface area (Å²) in [4.78, 5) is 18.5. The molecule has 6 nitrogen and oxygen atoms in total. The number of imidazole rings is 1. The van der Waals surface area contributed by atoms with Gasteiger partial charge in [0, 0.05) is 24.9 Å². The summed E-state index contributed by atoms with van der Waals surface area (Å²) in [6, 6.07) is 2.00. The maximum Gasteiger partial charge on any atom is 0.222 e. The molecule has 2 heterocycles. The molecule has 0 bridgehead atoms. The van der Waals surface area contributed by atoms with Gasteiger partial charge in [0.2, 0.25) is 5.91 Å². The molecule has 0 aliphatic rings. The van der Waals surface area contributed by atoms with Gasteiger partial charge in [0.15, 0.2) is 0 Å². The molecule has 0 aliphatic heterocycles. The minimum absolute atomic E-state index is 0.0113. The third kappa shape index (κ3) is 3.19. The molecule has 0 radical (unpaired) electrons. The van der Waals surface area contributed by atoms with Crippen LogP contribution in [0.25, 0.3) is 0 Å². The number of nitrogens with zero attached hydrogens (tertiary/aromatic N) is 3. The van der Waals surface area contributed by atoms with Crippen LogP contribution in [0.1, 0.15) is 23.5 Å². The predicted octanol–water partition coefficient (Wildman–Crippen LogP) is 0.930. The fraction of sp³-hybridized carbons (Fsp3) is 0.417. The number of amides is 1. The summed E-state index contributed by atoms with van der Waals surface area (Å²) in [5.41, 5.74) is 2.95. The van der Waals surface area contributed by atoms with Crippen LogP contribution in [0, 0.1) is 13.8 Å². The van der Waals surface area contributed by atoms with E-state index in [4.69, 9.17) is 0 Å². The molecule has 0 atom stereocenters. The van der Waals surface area contributed by atoms with E-state index >= 15 is 0 Å². The summed E-state index contributed by atoms with van der Waals surface area (Å²) in [6.45, 7) is 5.02. The monoisotopic (exact) mass is 247 g/mol. The van der Waals surface area contributed by atoms with Crippen molar-refractivity contribution in [3.63, 3.8) is 0 Å². The van der Waals surface area contributed by atoms with Crippen LogP contribution < -0.4 is 5.32 Å². The zero-order chi connectivity index (χ0) is 13.0. The highest BCUT2D eigenvalue weighted by atomic mass is 16.1. The smallest absolute Gasteiger partial charge is 0.222 e. The molecule has 0 saturated heterocycles. The van der Waals surface area contributed by atoms with Crippen LogP contribution in [0.15, 0.2) is 18.6 Å². The minimum Gasteiger partial charge on any atom is -0.350 e. The van der Waals surface area contributed by atoms with Gasteiger partial charge in [-0.1, -0.05) is 0 Å². The second-order valence-electron chi connectivity index (χ2n) is 4.25. The van der Waals surface area contributed by atoms with Gasteiger partial charge in [-0.2, -0.15) is 5.10 Å². The van der Waals surface area contributed by atoms with E-state index in [1.807, 2.05) is 24.6 Å². The Bertz CT molecular complexity index is 515. The summed E-state index contributed by atoms with van der Waals surface area (Å²) in [5, 5.41) is 7.14. The van der Waals surface area contributed by atoms with Crippen molar-refractivity contribution in [2.75, 3.05) is 0 Å². The van der Waals surface area contributed by atoms with E-state index in [0.717, 1.165) is 17.1 Å². The number of hydrogen-bond donors (Lipinski definition) is 2. The second-order valence-corrected chi connectivity index (χ2v) is 4.25. The van der Waals surface area contributed by atoms with Crippen molar-refractivity contribution in [3.05, 3.63) is 35.7 Å². The lowest BCUT2D eigenvalue weighted by Gasteiger charge is -2.05. The van der Waals surface area contributed by atoms with Gasteiger partial charge in [-0.05, 0) is 19.9 Å². The number of H-pyrrole nitrogens is 1. The van der Waals surface area contributed by atoms with Crippen LogP contribution in [-0.4, -0.2) is 25.7 Å². The molecule has 0 spiro atoms. The molecule has 0 fully saturated rings. The van der Waals surface area contributed by atoms with Crippen LogP contribution >= 0.6 is 0 Å². The third-order valence-corrected chi connectivity index (χ3v) is 2.68. The lowest BCUT2D eigenvalue weighted by Crippen LogP contribution is -2.24. The molecule has 2 aromatic rings. The van der Waals surface area contributed by atoms with Crippen molar-refractivity contribution in [2.45, 2.75) is 33.4 Å². The Hall–Kier alpha value is -2.11. The Morgan fingerprint density at radius 3 is 2.94 bits per heavy atom. The molecule has 0 saturated carbocycles. The number of carbonyl (C=O) groups excluding carboxylic acids is 1. The first kappa shape index (κ1) is 12.3. The first-order valence-electron chi connectivity index (χ1n) is 5.90. The van der Waals surface area contributed by atoms with Crippen molar-refractivity contribution >= 4 is 5.91 Å². The molecule has 6 heteroatoms. The number of hydrogen-bond acceptors (Lipinski definition) is 3. The maximum absolute atomic E-state index is 11.6. The van der Waals surface area contributed by atoms with Crippen LogP contribution in [0.5, 0.6) is 0 Å². The molecule has 0 aromatic carbocycles. The van der Waals surface area contributed by atoms with E-state index in [-0.39, 0.29) is 5.91 Å². The molecule has 0 aliphatic carbocycles. The van der Waals surface area contributed by atoms with Gasteiger partial charge in [0.1, 0.15) is 0 Å². The van der Waals surface area contributed by atoms with Gasteiger partial charge >= 0.3 is 0 Å². The van der Waals surface area contributed by atoms with Crippen molar-refractivity contribution in [2.24, 2.45) is 0 Å². The number of nitrogens with one attached hydrogen (secondary N) is 2. The fourth-order valence-corrected chi connectivity index (χ4v) is 1.77. The average Bonchev–Trinajstić information content (AvgIpc) is 2.94. The van der Waals surface area contributed by atoms with Gasteiger partial charge in [-0.15, -0.1) is 0 Å². The maximum atomic E-state index is 11.6. The van der Waals surface area contributed by atoms with E-state index in [1.165, 1.54) is 0 Å². The number of carbonyl (C=O) groups is 1. The first-order chi connectivity index (χ1) is 8.65. The van der Waals surface area contributed by atoms with Crippen molar-refractivity contribution in [1.82, 2.24) is 25.1 Å². The van der Waals surface area contributed by atoms with Gasteiger partial charge in [0.25, 0.3) is 0 Å². The molecule has 96 valence electrons. The Morgan fingerprint density at radius 2 is 2.33 bits per heavy atom. The number of aromatic nitrogens is 4. The largest absolute Gasteiger partial charge is 0.350 e. The van der Waals surface area contributed by atoms with Crippen LogP contribution in [-0.2, 0) is 17.9 Å². The Labute approximate surface area is 105 Å². The van der Waals surface area contributed by atoms with Gasteiger partial charge < -0.3 is 10.3 Å². The van der Waals surface area contributed by atoms with E-state index in [2.05, 4.69) is 20.4 Å². The predicted molar refractivity (Wildman–Crippen MR) is 66.8 cm³/mol. The molecule has 2 rings (SSSR count). The average molecular weight is 247 g/mol. The Balaban J connectivity index is 1.76. The van der Waals surface area contributed by atoms with Gasteiger partial charge in [-0.25, -0.2) is 4.98 Å². The summed E-state index contributed by atoms with van der Waals surface area (Å²) < 4.78 is 1.85. The molecule has 0 unspecified atom stereocenters. The lowest BCUT2D eigenvalue weighted by atomic mass is 10.3. The van der Waals surface area contributed by atoms with Gasteiger partial charge in [-0.3, -0.25) is 9.48 Å².